The molecule has 2 unspecified atom stereocenters. The van der Waals surface area contributed by atoms with Gasteiger partial charge in [-0.15, -0.1) is 0 Å². The first-order chi connectivity index (χ1) is 24.9. The van der Waals surface area contributed by atoms with Crippen molar-refractivity contribution in [2.75, 3.05) is 56.5 Å². The molecule has 7 rings (SSSR count). The summed E-state index contributed by atoms with van der Waals surface area (Å²) in [5.41, 5.74) is 7.18. The summed E-state index contributed by atoms with van der Waals surface area (Å²) in [6, 6.07) is 12.8. The van der Waals surface area contributed by atoms with Crippen molar-refractivity contribution in [3.05, 3.63) is 85.8 Å². The number of piperidine rings is 4. The first kappa shape index (κ1) is 36.4. The Labute approximate surface area is 311 Å². The van der Waals surface area contributed by atoms with Gasteiger partial charge < -0.3 is 30.4 Å². The van der Waals surface area contributed by atoms with Crippen molar-refractivity contribution in [2.24, 2.45) is 12.5 Å². The molecule has 0 aliphatic carbocycles. The number of amides is 2. The zero-order valence-electron chi connectivity index (χ0n) is 30.8. The summed E-state index contributed by atoms with van der Waals surface area (Å²) in [6.45, 7) is 9.55. The minimum atomic E-state index is -0.837. The number of nitrogens with one attached hydrogen (secondary N) is 2. The minimum absolute atomic E-state index is 0.0741. The molecule has 3 aromatic rings. The molecular weight excluding hydrogens is 678 g/mol. The summed E-state index contributed by atoms with van der Waals surface area (Å²) in [5.74, 6) is 0.231. The fourth-order valence-electron chi connectivity index (χ4n) is 9.30. The van der Waals surface area contributed by atoms with Crippen LogP contribution in [0.2, 0.25) is 5.02 Å². The quantitative estimate of drug-likeness (QED) is 0.332. The Bertz CT molecular complexity index is 1840. The highest BCUT2D eigenvalue weighted by Crippen LogP contribution is 2.43. The lowest BCUT2D eigenvalue weighted by Gasteiger charge is -2.47. The van der Waals surface area contributed by atoms with Gasteiger partial charge >= 0.3 is 0 Å². The molecule has 11 nitrogen and oxygen atoms in total. The van der Waals surface area contributed by atoms with E-state index in [9.17, 15) is 19.5 Å². The Kier molecular flexibility index (Phi) is 10.4. The molecule has 0 radical (unpaired) electrons. The van der Waals surface area contributed by atoms with E-state index in [1.54, 1.807) is 13.2 Å². The van der Waals surface area contributed by atoms with Crippen molar-refractivity contribution >= 4 is 34.8 Å². The molecule has 5 heterocycles. The van der Waals surface area contributed by atoms with Crippen LogP contribution in [0.1, 0.15) is 89.4 Å². The van der Waals surface area contributed by atoms with E-state index in [1.807, 2.05) is 17.0 Å². The van der Waals surface area contributed by atoms with Crippen LogP contribution in [-0.4, -0.2) is 95.1 Å². The fraction of sp³-hybridized carbons (Fsp3) is 0.550. The largest absolute Gasteiger partial charge is 0.378 e. The molecule has 278 valence electrons. The summed E-state index contributed by atoms with van der Waals surface area (Å²) >= 11 is 6.33. The monoisotopic (exact) mass is 729 g/mol. The van der Waals surface area contributed by atoms with Gasteiger partial charge in [0.1, 0.15) is 11.3 Å². The number of anilines is 2. The highest BCUT2D eigenvalue weighted by Gasteiger charge is 2.39. The van der Waals surface area contributed by atoms with Crippen LogP contribution >= 0.6 is 11.6 Å². The topological polar surface area (TPSA) is 123 Å². The van der Waals surface area contributed by atoms with Gasteiger partial charge in [-0.3, -0.25) is 14.4 Å². The first-order valence-electron chi connectivity index (χ1n) is 18.8. The van der Waals surface area contributed by atoms with E-state index in [0.717, 1.165) is 82.5 Å². The molecule has 4 saturated heterocycles. The maximum Gasteiger partial charge on any atom is 0.287 e. The van der Waals surface area contributed by atoms with Crippen LogP contribution in [0.15, 0.2) is 47.4 Å². The molecule has 0 bridgehead atoms. The minimum Gasteiger partial charge on any atom is -0.378 e. The number of aryl methyl sites for hydroxylation is 3. The van der Waals surface area contributed by atoms with Crippen LogP contribution in [0, 0.1) is 19.3 Å². The number of rotatable bonds is 6. The van der Waals surface area contributed by atoms with Gasteiger partial charge in [0.2, 0.25) is 5.91 Å². The Morgan fingerprint density at radius 3 is 2.29 bits per heavy atom. The van der Waals surface area contributed by atoms with Crippen LogP contribution < -0.4 is 21.1 Å². The van der Waals surface area contributed by atoms with Crippen LogP contribution in [-0.2, 0) is 11.8 Å². The van der Waals surface area contributed by atoms with Gasteiger partial charge in [-0.2, -0.15) is 5.10 Å². The van der Waals surface area contributed by atoms with Gasteiger partial charge in [0, 0.05) is 75.9 Å². The molecule has 4 fully saturated rings. The Balaban J connectivity index is 0.920. The van der Waals surface area contributed by atoms with Crippen molar-refractivity contribution < 1.29 is 14.7 Å². The van der Waals surface area contributed by atoms with Gasteiger partial charge in [-0.25, -0.2) is 4.68 Å². The van der Waals surface area contributed by atoms with Crippen LogP contribution in [0.4, 0.5) is 11.4 Å². The molecule has 4 aliphatic heterocycles. The van der Waals surface area contributed by atoms with E-state index in [-0.39, 0.29) is 45.7 Å². The second-order valence-electron chi connectivity index (χ2n) is 15.8. The lowest BCUT2D eigenvalue weighted by Crippen LogP contribution is -2.48. The number of aliphatic hydroxyl groups excluding tert-OH is 1. The molecule has 0 saturated carbocycles. The third-order valence-corrected chi connectivity index (χ3v) is 12.7. The SMILES string of the molecule is Cc1cc(N2CCC3(CCN(C(=O)c4ccc([C@@H]5C[C@H](Nc6cnn(C)c(=O)c6Cl)CN(C)C5)cc4)CC3)CC2)cc(C)c1C1CCC(=O)NC1O. The van der Waals surface area contributed by atoms with Gasteiger partial charge in [0.05, 0.1) is 11.9 Å². The molecule has 2 aromatic carbocycles. The highest BCUT2D eigenvalue weighted by atomic mass is 35.5. The second-order valence-corrected chi connectivity index (χ2v) is 16.2. The lowest BCUT2D eigenvalue weighted by atomic mass is 9.71. The number of likely N-dealkylation sites (tertiary alicyclic amines) is 2. The number of carbonyl (C=O) groups is 2. The molecule has 52 heavy (non-hydrogen) atoms. The maximum atomic E-state index is 13.6. The third-order valence-electron chi connectivity index (χ3n) is 12.3. The standard InChI is InChI=1S/C40H52ClN7O4/c1-25-19-31(20-26(2)35(25)32-9-10-34(49)44-37(32)50)47-15-11-40(12-16-47)13-17-48(18-14-40)38(51)28-7-5-27(6-8-28)29-21-30(24-45(3)23-29)43-33-22-42-46(4)39(52)36(33)41/h5-8,19-20,22,29-30,32,37,43,50H,9-18,21,23-24H2,1-4H3,(H,44,49)/t29-,30+,32?,37?/m1/s1. The van der Waals surface area contributed by atoms with Crippen molar-refractivity contribution in [3.8, 4) is 0 Å². The van der Waals surface area contributed by atoms with E-state index in [2.05, 4.69) is 70.7 Å². The average molecular weight is 730 g/mol. The van der Waals surface area contributed by atoms with Crippen LogP contribution in [0.5, 0.6) is 0 Å². The number of halogens is 1. The smallest absolute Gasteiger partial charge is 0.287 e. The van der Waals surface area contributed by atoms with E-state index in [0.29, 0.717) is 18.5 Å². The Morgan fingerprint density at radius 1 is 0.981 bits per heavy atom. The summed E-state index contributed by atoms with van der Waals surface area (Å²) < 4.78 is 1.23. The van der Waals surface area contributed by atoms with Crippen molar-refractivity contribution in [2.45, 2.75) is 82.9 Å². The predicted molar refractivity (Wildman–Crippen MR) is 204 cm³/mol. The summed E-state index contributed by atoms with van der Waals surface area (Å²) in [7, 11) is 3.69. The first-order valence-corrected chi connectivity index (χ1v) is 19.2. The third kappa shape index (κ3) is 7.45. The number of carbonyl (C=O) groups excluding carboxylic acids is 2. The molecule has 4 atom stereocenters. The molecule has 2 amide bonds. The average Bonchev–Trinajstić information content (AvgIpc) is 3.12. The van der Waals surface area contributed by atoms with E-state index in [1.165, 1.54) is 27.1 Å². The normalized spacial score (nSPS) is 25.2. The number of aliphatic hydroxyl groups is 1. The Hall–Kier alpha value is -3.93. The van der Waals surface area contributed by atoms with Gasteiger partial charge in [-0.05, 0) is 117 Å². The van der Waals surface area contributed by atoms with Crippen LogP contribution in [0.3, 0.4) is 0 Å². The fourth-order valence-corrected chi connectivity index (χ4v) is 9.53. The number of hydrogen-bond donors (Lipinski definition) is 3. The molecule has 12 heteroatoms. The number of nitrogens with zero attached hydrogens (tertiary/aromatic N) is 5. The molecule has 1 aromatic heterocycles. The van der Waals surface area contributed by atoms with Gasteiger partial charge in [0.15, 0.2) is 0 Å². The van der Waals surface area contributed by atoms with Crippen molar-refractivity contribution in [1.29, 1.82) is 0 Å². The Morgan fingerprint density at radius 2 is 1.63 bits per heavy atom. The highest BCUT2D eigenvalue weighted by molar-refractivity contribution is 6.32. The van der Waals surface area contributed by atoms with Crippen molar-refractivity contribution in [3.63, 3.8) is 0 Å². The second kappa shape index (κ2) is 14.8. The van der Waals surface area contributed by atoms with Crippen molar-refractivity contribution in [1.82, 2.24) is 24.9 Å². The zero-order chi connectivity index (χ0) is 36.7. The maximum absolute atomic E-state index is 13.6. The summed E-state index contributed by atoms with van der Waals surface area (Å²) in [6.07, 6.45) is 7.06. The predicted octanol–water partition coefficient (Wildman–Crippen LogP) is 4.79. The molecule has 4 aliphatic rings. The van der Waals surface area contributed by atoms with E-state index in [4.69, 9.17) is 11.6 Å². The van der Waals surface area contributed by atoms with Gasteiger partial charge in [0.25, 0.3) is 11.5 Å². The number of likely N-dealkylation sites (N-methyl/N-ethyl adjacent to an activating group) is 1. The summed E-state index contributed by atoms with van der Waals surface area (Å²) in [5, 5.41) is 21.0. The molecule has 1 spiro atoms. The molecule has 3 N–H and O–H groups in total. The summed E-state index contributed by atoms with van der Waals surface area (Å²) in [4.78, 5) is 44.5. The van der Waals surface area contributed by atoms with Crippen LogP contribution in [0.25, 0.3) is 0 Å². The zero-order valence-corrected chi connectivity index (χ0v) is 31.6. The van der Waals surface area contributed by atoms with E-state index < -0.39 is 6.23 Å². The lowest BCUT2D eigenvalue weighted by molar-refractivity contribution is -0.127. The molecular formula is C40H52ClN7O4. The number of hydrogen-bond acceptors (Lipinski definition) is 8. The van der Waals surface area contributed by atoms with Gasteiger partial charge in [-0.1, -0.05) is 23.7 Å². The number of benzene rings is 2. The number of aromatic nitrogens is 2. The van der Waals surface area contributed by atoms with E-state index >= 15 is 0 Å².